The number of H-pyrrole nitrogens is 1. The van der Waals surface area contributed by atoms with Gasteiger partial charge in [0, 0.05) is 18.5 Å². The summed E-state index contributed by atoms with van der Waals surface area (Å²) in [5.41, 5.74) is 0.352. The lowest BCUT2D eigenvalue weighted by Gasteiger charge is -2.22. The van der Waals surface area contributed by atoms with E-state index in [4.69, 9.17) is 0 Å². The average Bonchev–Trinajstić information content (AvgIpc) is 3.12. The summed E-state index contributed by atoms with van der Waals surface area (Å²) in [6.07, 6.45) is 1.01. The third kappa shape index (κ3) is 2.07. The van der Waals surface area contributed by atoms with Crippen molar-refractivity contribution >= 4 is 22.8 Å². The Morgan fingerprint density at radius 2 is 2.19 bits per heavy atom. The summed E-state index contributed by atoms with van der Waals surface area (Å²) in [7, 11) is 0. The second kappa shape index (κ2) is 4.87. The smallest absolute Gasteiger partial charge is 0.311 e. The molecular formula is C15H17N3O3. The first-order valence-electron chi connectivity index (χ1n) is 7.03. The van der Waals surface area contributed by atoms with Crippen LogP contribution in [0.5, 0.6) is 0 Å². The second-order valence-electron chi connectivity index (χ2n) is 5.53. The predicted molar refractivity (Wildman–Crippen MR) is 77.0 cm³/mol. The van der Waals surface area contributed by atoms with Crippen molar-refractivity contribution in [2.24, 2.45) is 5.41 Å². The van der Waals surface area contributed by atoms with E-state index in [1.807, 2.05) is 31.2 Å². The minimum atomic E-state index is -0.827. The van der Waals surface area contributed by atoms with Gasteiger partial charge in [0.15, 0.2) is 5.69 Å². The summed E-state index contributed by atoms with van der Waals surface area (Å²) in [4.78, 5) is 25.7. The lowest BCUT2D eigenvalue weighted by Crippen LogP contribution is -2.36. The molecule has 1 aromatic carbocycles. The maximum atomic E-state index is 12.6. The van der Waals surface area contributed by atoms with E-state index in [1.54, 1.807) is 4.90 Å². The Morgan fingerprint density at radius 3 is 2.86 bits per heavy atom. The molecule has 1 fully saturated rings. The number of carbonyl (C=O) groups is 2. The van der Waals surface area contributed by atoms with E-state index in [0.717, 1.165) is 10.9 Å². The molecule has 3 rings (SSSR count). The summed E-state index contributed by atoms with van der Waals surface area (Å²) in [5.74, 6) is -1.03. The molecule has 1 unspecified atom stereocenters. The first-order chi connectivity index (χ1) is 10.1. The average molecular weight is 287 g/mol. The number of aromatic amines is 1. The van der Waals surface area contributed by atoms with Crippen LogP contribution in [-0.2, 0) is 4.79 Å². The number of para-hydroxylation sites is 1. The van der Waals surface area contributed by atoms with E-state index in [-0.39, 0.29) is 12.5 Å². The summed E-state index contributed by atoms with van der Waals surface area (Å²) in [6, 6.07) is 7.42. The molecule has 1 aliphatic rings. The Hall–Kier alpha value is -2.37. The largest absolute Gasteiger partial charge is 0.481 e. The molecule has 0 aliphatic carbocycles. The van der Waals surface area contributed by atoms with Gasteiger partial charge >= 0.3 is 5.97 Å². The SMILES string of the molecule is CCC1(C(=O)O)CCN(C(=O)c2n[nH]c3ccccc23)C1. The van der Waals surface area contributed by atoms with Gasteiger partial charge in [-0.05, 0) is 18.9 Å². The van der Waals surface area contributed by atoms with Gasteiger partial charge < -0.3 is 10.0 Å². The van der Waals surface area contributed by atoms with E-state index in [0.29, 0.717) is 25.1 Å². The molecule has 0 saturated carbocycles. The van der Waals surface area contributed by atoms with Crippen molar-refractivity contribution in [3.63, 3.8) is 0 Å². The quantitative estimate of drug-likeness (QED) is 0.902. The van der Waals surface area contributed by atoms with Gasteiger partial charge in [-0.2, -0.15) is 5.10 Å². The highest BCUT2D eigenvalue weighted by atomic mass is 16.4. The zero-order valence-electron chi connectivity index (χ0n) is 11.8. The molecule has 0 spiro atoms. The van der Waals surface area contributed by atoms with E-state index in [2.05, 4.69) is 10.2 Å². The fourth-order valence-electron chi connectivity index (χ4n) is 2.94. The number of fused-ring (bicyclic) bond motifs is 1. The van der Waals surface area contributed by atoms with Crippen LogP contribution >= 0.6 is 0 Å². The van der Waals surface area contributed by atoms with E-state index < -0.39 is 11.4 Å². The molecule has 1 aromatic heterocycles. The number of amides is 1. The van der Waals surface area contributed by atoms with Gasteiger partial charge in [0.25, 0.3) is 5.91 Å². The number of carbonyl (C=O) groups excluding carboxylic acids is 1. The Balaban J connectivity index is 1.89. The minimum Gasteiger partial charge on any atom is -0.481 e. The van der Waals surface area contributed by atoms with Crippen molar-refractivity contribution < 1.29 is 14.7 Å². The number of hydrogen-bond acceptors (Lipinski definition) is 3. The molecule has 1 atom stereocenters. The molecule has 2 aromatic rings. The Bertz CT molecular complexity index is 709. The molecule has 6 heteroatoms. The number of nitrogens with zero attached hydrogens (tertiary/aromatic N) is 2. The molecule has 2 N–H and O–H groups in total. The van der Waals surface area contributed by atoms with E-state index >= 15 is 0 Å². The zero-order chi connectivity index (χ0) is 15.0. The highest BCUT2D eigenvalue weighted by molar-refractivity contribution is 6.04. The second-order valence-corrected chi connectivity index (χ2v) is 5.53. The van der Waals surface area contributed by atoms with Crippen LogP contribution in [0, 0.1) is 5.41 Å². The fraction of sp³-hybridized carbons (Fsp3) is 0.400. The first kappa shape index (κ1) is 13.6. The highest BCUT2D eigenvalue weighted by Gasteiger charge is 2.45. The molecule has 2 heterocycles. The monoisotopic (exact) mass is 287 g/mol. The molecule has 0 radical (unpaired) electrons. The lowest BCUT2D eigenvalue weighted by atomic mass is 9.84. The standard InChI is InChI=1S/C15H17N3O3/c1-2-15(14(20)21)7-8-18(9-15)13(19)12-10-5-3-4-6-11(10)16-17-12/h3-6H,2,7-9H2,1H3,(H,16,17)(H,20,21). The number of nitrogens with one attached hydrogen (secondary N) is 1. The number of carboxylic acids is 1. The molecule has 1 aliphatic heterocycles. The van der Waals surface area contributed by atoms with Crippen molar-refractivity contribution in [2.45, 2.75) is 19.8 Å². The molecule has 1 saturated heterocycles. The summed E-state index contributed by atoms with van der Waals surface area (Å²) in [6.45, 7) is 2.56. The number of carboxylic acid groups (broad SMARTS) is 1. The predicted octanol–water partition coefficient (Wildman–Crippen LogP) is 1.89. The van der Waals surface area contributed by atoms with Crippen LogP contribution in [0.2, 0.25) is 0 Å². The van der Waals surface area contributed by atoms with Crippen molar-refractivity contribution in [3.05, 3.63) is 30.0 Å². The lowest BCUT2D eigenvalue weighted by molar-refractivity contribution is -0.148. The third-order valence-corrected chi connectivity index (χ3v) is 4.44. The van der Waals surface area contributed by atoms with Crippen LogP contribution in [-0.4, -0.2) is 45.2 Å². The Labute approximate surface area is 121 Å². The van der Waals surface area contributed by atoms with Crippen molar-refractivity contribution in [1.82, 2.24) is 15.1 Å². The van der Waals surface area contributed by atoms with Crippen LogP contribution in [0.1, 0.15) is 30.3 Å². The van der Waals surface area contributed by atoms with E-state index in [1.165, 1.54) is 0 Å². The molecule has 0 bridgehead atoms. The normalized spacial score (nSPS) is 21.9. The maximum Gasteiger partial charge on any atom is 0.311 e. The zero-order valence-corrected chi connectivity index (χ0v) is 11.8. The fourth-order valence-corrected chi connectivity index (χ4v) is 2.94. The van der Waals surface area contributed by atoms with Crippen LogP contribution in [0.4, 0.5) is 0 Å². The summed E-state index contributed by atoms with van der Waals surface area (Å²) >= 11 is 0. The van der Waals surface area contributed by atoms with Gasteiger partial charge in [-0.15, -0.1) is 0 Å². The molecule has 1 amide bonds. The van der Waals surface area contributed by atoms with Crippen LogP contribution in [0.3, 0.4) is 0 Å². The van der Waals surface area contributed by atoms with Gasteiger partial charge in [0.05, 0.1) is 10.9 Å². The van der Waals surface area contributed by atoms with Crippen LogP contribution < -0.4 is 0 Å². The van der Waals surface area contributed by atoms with Gasteiger partial charge in [-0.3, -0.25) is 14.7 Å². The van der Waals surface area contributed by atoms with Crippen LogP contribution in [0.15, 0.2) is 24.3 Å². The van der Waals surface area contributed by atoms with E-state index in [9.17, 15) is 14.7 Å². The number of benzene rings is 1. The Kier molecular flexibility index (Phi) is 3.16. The van der Waals surface area contributed by atoms with Crippen molar-refractivity contribution in [3.8, 4) is 0 Å². The molecule has 6 nitrogen and oxygen atoms in total. The summed E-state index contributed by atoms with van der Waals surface area (Å²) in [5, 5.41) is 17.1. The number of rotatable bonds is 3. The number of likely N-dealkylation sites (tertiary alicyclic amines) is 1. The first-order valence-corrected chi connectivity index (χ1v) is 7.03. The number of aromatic nitrogens is 2. The van der Waals surface area contributed by atoms with Gasteiger partial charge in [0.1, 0.15) is 0 Å². The maximum absolute atomic E-state index is 12.6. The Morgan fingerprint density at radius 1 is 1.43 bits per heavy atom. The van der Waals surface area contributed by atoms with Crippen molar-refractivity contribution in [2.75, 3.05) is 13.1 Å². The van der Waals surface area contributed by atoms with Gasteiger partial charge in [-0.25, -0.2) is 0 Å². The minimum absolute atomic E-state index is 0.205. The molecule has 21 heavy (non-hydrogen) atoms. The van der Waals surface area contributed by atoms with Crippen LogP contribution in [0.25, 0.3) is 10.9 Å². The number of aliphatic carboxylic acids is 1. The summed E-state index contributed by atoms with van der Waals surface area (Å²) < 4.78 is 0. The third-order valence-electron chi connectivity index (χ3n) is 4.44. The topological polar surface area (TPSA) is 86.3 Å². The number of hydrogen-bond donors (Lipinski definition) is 2. The molecular weight excluding hydrogens is 270 g/mol. The van der Waals surface area contributed by atoms with Gasteiger partial charge in [0.2, 0.25) is 0 Å². The highest BCUT2D eigenvalue weighted by Crippen LogP contribution is 2.35. The van der Waals surface area contributed by atoms with Crippen molar-refractivity contribution in [1.29, 1.82) is 0 Å². The molecule has 110 valence electrons. The van der Waals surface area contributed by atoms with Gasteiger partial charge in [-0.1, -0.05) is 25.1 Å².